The van der Waals surface area contributed by atoms with Crippen molar-refractivity contribution in [1.82, 2.24) is 4.90 Å². The van der Waals surface area contributed by atoms with Crippen molar-refractivity contribution in [1.29, 1.82) is 0 Å². The summed E-state index contributed by atoms with van der Waals surface area (Å²) in [5, 5.41) is 0. The highest BCUT2D eigenvalue weighted by Gasteiger charge is 2.17. The van der Waals surface area contributed by atoms with Crippen LogP contribution in [0.25, 0.3) is 0 Å². The maximum atomic E-state index is 12.1. The van der Waals surface area contributed by atoms with E-state index in [4.69, 9.17) is 12.2 Å². The summed E-state index contributed by atoms with van der Waals surface area (Å²) in [5.41, 5.74) is 5.61. The molecule has 0 saturated carbocycles. The van der Waals surface area contributed by atoms with Gasteiger partial charge in [0.2, 0.25) is 5.91 Å². The monoisotopic (exact) mass is 252 g/mol. The minimum Gasteiger partial charge on any atom is -0.332 e. The third-order valence-electron chi connectivity index (χ3n) is 3.34. The van der Waals surface area contributed by atoms with Gasteiger partial charge in [0, 0.05) is 13.0 Å². The summed E-state index contributed by atoms with van der Waals surface area (Å²) in [5.74, 6) is 3.85. The molecule has 0 aliphatic carbocycles. The first-order valence-corrected chi connectivity index (χ1v) is 6.98. The van der Waals surface area contributed by atoms with E-state index in [0.29, 0.717) is 31.3 Å². The van der Waals surface area contributed by atoms with E-state index in [1.807, 2.05) is 0 Å². The highest BCUT2D eigenvalue weighted by atomic mass is 16.2. The lowest BCUT2D eigenvalue weighted by Crippen LogP contribution is -2.32. The lowest BCUT2D eigenvalue weighted by atomic mass is 9.88. The van der Waals surface area contributed by atoms with Crippen LogP contribution in [-0.2, 0) is 4.79 Å². The number of nitrogens with two attached hydrogens (primary N) is 1. The van der Waals surface area contributed by atoms with Gasteiger partial charge >= 0.3 is 0 Å². The molecule has 0 aliphatic heterocycles. The van der Waals surface area contributed by atoms with E-state index in [2.05, 4.69) is 26.7 Å². The molecule has 3 heteroatoms. The van der Waals surface area contributed by atoms with Crippen molar-refractivity contribution in [2.24, 2.45) is 17.6 Å². The standard InChI is InChI=1S/C15H28N2O/c1-5-11-17(12-6-2)15(18)8-7-14(9-10-16)13(3)4/h1,13-14H,6-12,16H2,2-4H3. The Bertz CT molecular complexity index is 268. The van der Waals surface area contributed by atoms with E-state index in [-0.39, 0.29) is 5.91 Å². The molecule has 104 valence electrons. The number of hydrogen-bond acceptors (Lipinski definition) is 2. The van der Waals surface area contributed by atoms with Gasteiger partial charge in [0.25, 0.3) is 0 Å². The molecule has 0 aliphatic rings. The Morgan fingerprint density at radius 3 is 2.50 bits per heavy atom. The Morgan fingerprint density at radius 2 is 2.06 bits per heavy atom. The van der Waals surface area contributed by atoms with Gasteiger partial charge in [0.15, 0.2) is 0 Å². The van der Waals surface area contributed by atoms with Crippen LogP contribution < -0.4 is 5.73 Å². The minimum atomic E-state index is 0.178. The molecule has 0 aromatic heterocycles. The first-order chi connectivity index (χ1) is 8.56. The maximum Gasteiger partial charge on any atom is 0.223 e. The third-order valence-corrected chi connectivity index (χ3v) is 3.34. The van der Waals surface area contributed by atoms with Crippen LogP contribution in [0.5, 0.6) is 0 Å². The fraction of sp³-hybridized carbons (Fsp3) is 0.800. The summed E-state index contributed by atoms with van der Waals surface area (Å²) in [4.78, 5) is 13.8. The van der Waals surface area contributed by atoms with E-state index in [1.165, 1.54) is 0 Å². The Labute approximate surface area is 112 Å². The molecule has 1 atom stereocenters. The molecule has 0 spiro atoms. The summed E-state index contributed by atoms with van der Waals surface area (Å²) in [7, 11) is 0. The molecule has 18 heavy (non-hydrogen) atoms. The first-order valence-electron chi connectivity index (χ1n) is 6.98. The topological polar surface area (TPSA) is 46.3 Å². The first kappa shape index (κ1) is 17.0. The zero-order valence-corrected chi connectivity index (χ0v) is 12.1. The highest BCUT2D eigenvalue weighted by Crippen LogP contribution is 2.20. The van der Waals surface area contributed by atoms with Crippen LogP contribution in [0.1, 0.15) is 46.5 Å². The normalized spacial score (nSPS) is 12.2. The number of carbonyl (C=O) groups is 1. The number of terminal acetylenes is 1. The molecule has 0 rings (SSSR count). The molecule has 0 radical (unpaired) electrons. The second kappa shape index (κ2) is 9.96. The van der Waals surface area contributed by atoms with Crippen LogP contribution in [0.4, 0.5) is 0 Å². The summed E-state index contributed by atoms with van der Waals surface area (Å²) in [6.07, 6.45) is 8.73. The molecule has 1 unspecified atom stereocenters. The Hall–Kier alpha value is -1.01. The molecular weight excluding hydrogens is 224 g/mol. The van der Waals surface area contributed by atoms with Crippen LogP contribution in [0.3, 0.4) is 0 Å². The zero-order valence-electron chi connectivity index (χ0n) is 12.1. The number of amides is 1. The molecule has 0 heterocycles. The van der Waals surface area contributed by atoms with Crippen molar-refractivity contribution in [2.45, 2.75) is 46.5 Å². The van der Waals surface area contributed by atoms with E-state index >= 15 is 0 Å². The Kier molecular flexibility index (Phi) is 9.40. The van der Waals surface area contributed by atoms with Crippen molar-refractivity contribution in [2.75, 3.05) is 19.6 Å². The van der Waals surface area contributed by atoms with Gasteiger partial charge in [0.05, 0.1) is 6.54 Å². The van der Waals surface area contributed by atoms with Crippen molar-refractivity contribution in [3.8, 4) is 12.3 Å². The number of hydrogen-bond donors (Lipinski definition) is 1. The van der Waals surface area contributed by atoms with Gasteiger partial charge < -0.3 is 10.6 Å². The van der Waals surface area contributed by atoms with Gasteiger partial charge in [-0.05, 0) is 37.6 Å². The third kappa shape index (κ3) is 6.66. The van der Waals surface area contributed by atoms with Crippen molar-refractivity contribution in [3.05, 3.63) is 0 Å². The molecule has 0 bridgehead atoms. The van der Waals surface area contributed by atoms with Gasteiger partial charge in [0.1, 0.15) is 0 Å². The summed E-state index contributed by atoms with van der Waals surface area (Å²) in [6, 6.07) is 0. The minimum absolute atomic E-state index is 0.178. The van der Waals surface area contributed by atoms with Crippen LogP contribution in [0.15, 0.2) is 0 Å². The number of rotatable bonds is 9. The van der Waals surface area contributed by atoms with Crippen molar-refractivity contribution < 1.29 is 4.79 Å². The van der Waals surface area contributed by atoms with Crippen LogP contribution in [0, 0.1) is 24.2 Å². The second-order valence-electron chi connectivity index (χ2n) is 5.14. The average Bonchev–Trinajstić information content (AvgIpc) is 2.33. The van der Waals surface area contributed by atoms with Gasteiger partial charge in [-0.3, -0.25) is 4.79 Å². The fourth-order valence-electron chi connectivity index (χ4n) is 2.16. The van der Waals surface area contributed by atoms with E-state index in [1.54, 1.807) is 4.90 Å². The van der Waals surface area contributed by atoms with E-state index in [9.17, 15) is 4.79 Å². The molecule has 3 nitrogen and oxygen atoms in total. The fourth-order valence-corrected chi connectivity index (χ4v) is 2.16. The van der Waals surface area contributed by atoms with Crippen molar-refractivity contribution in [3.63, 3.8) is 0 Å². The van der Waals surface area contributed by atoms with Crippen LogP contribution in [-0.4, -0.2) is 30.4 Å². The molecule has 0 saturated heterocycles. The van der Waals surface area contributed by atoms with Crippen LogP contribution >= 0.6 is 0 Å². The predicted octanol–water partition coefficient (Wildman–Crippen LogP) is 2.26. The van der Waals surface area contributed by atoms with Gasteiger partial charge in [-0.1, -0.05) is 26.7 Å². The van der Waals surface area contributed by atoms with Crippen LogP contribution in [0.2, 0.25) is 0 Å². The Morgan fingerprint density at radius 1 is 1.39 bits per heavy atom. The molecule has 0 aromatic carbocycles. The molecule has 0 aromatic rings. The number of nitrogens with zero attached hydrogens (tertiary/aromatic N) is 1. The lowest BCUT2D eigenvalue weighted by molar-refractivity contribution is -0.131. The average molecular weight is 252 g/mol. The molecule has 0 fully saturated rings. The van der Waals surface area contributed by atoms with E-state index in [0.717, 1.165) is 25.8 Å². The molecule has 1 amide bonds. The predicted molar refractivity (Wildman–Crippen MR) is 76.9 cm³/mol. The molecular formula is C15H28N2O. The summed E-state index contributed by atoms with van der Waals surface area (Å²) < 4.78 is 0. The summed E-state index contributed by atoms with van der Waals surface area (Å²) in [6.45, 7) is 8.32. The zero-order chi connectivity index (χ0) is 14.0. The maximum absolute atomic E-state index is 12.1. The quantitative estimate of drug-likeness (QED) is 0.640. The van der Waals surface area contributed by atoms with Gasteiger partial charge in [-0.2, -0.15) is 0 Å². The second-order valence-corrected chi connectivity index (χ2v) is 5.14. The van der Waals surface area contributed by atoms with Gasteiger partial charge in [-0.25, -0.2) is 0 Å². The highest BCUT2D eigenvalue weighted by molar-refractivity contribution is 5.76. The largest absolute Gasteiger partial charge is 0.332 e. The van der Waals surface area contributed by atoms with Crippen molar-refractivity contribution >= 4 is 5.91 Å². The van der Waals surface area contributed by atoms with E-state index < -0.39 is 0 Å². The Balaban J connectivity index is 4.23. The van der Waals surface area contributed by atoms with Gasteiger partial charge in [-0.15, -0.1) is 6.42 Å². The SMILES string of the molecule is C#CCN(CCC)C(=O)CCC(CCN)C(C)C. The lowest BCUT2D eigenvalue weighted by Gasteiger charge is -2.23. The summed E-state index contributed by atoms with van der Waals surface area (Å²) >= 11 is 0. The number of carbonyl (C=O) groups excluding carboxylic acids is 1. The molecule has 2 N–H and O–H groups in total. The smallest absolute Gasteiger partial charge is 0.223 e.